The standard InChI is InChI=1S/C23H36O2/c1-5-16-8-10-18-17-9-11-20-21(25-15(2)24)7-6-13-23(20,4)19(17)12-14-22(16,18)3/h5,17-21H,6-14H2,1-4H3/b16-5+/t17-,18-,19-,20-,21-,22+,23+/m0/s1. The van der Waals surface area contributed by atoms with E-state index in [0.29, 0.717) is 16.7 Å². The lowest BCUT2D eigenvalue weighted by Gasteiger charge is -2.61. The van der Waals surface area contributed by atoms with Gasteiger partial charge in [-0.15, -0.1) is 0 Å². The third-order valence-electron chi connectivity index (χ3n) is 9.11. The Hall–Kier alpha value is -0.790. The number of ether oxygens (including phenoxy) is 1. The number of hydrogen-bond donors (Lipinski definition) is 0. The third kappa shape index (κ3) is 2.53. The number of carbonyl (C=O) groups is 1. The molecule has 0 N–H and O–H groups in total. The van der Waals surface area contributed by atoms with Crippen LogP contribution in [-0.4, -0.2) is 12.1 Å². The van der Waals surface area contributed by atoms with Gasteiger partial charge in [0, 0.05) is 12.8 Å². The molecular formula is C23H36O2. The fourth-order valence-corrected chi connectivity index (χ4v) is 8.03. The van der Waals surface area contributed by atoms with E-state index in [2.05, 4.69) is 26.8 Å². The van der Waals surface area contributed by atoms with Crippen molar-refractivity contribution in [1.82, 2.24) is 0 Å². The van der Waals surface area contributed by atoms with Crippen LogP contribution in [0.5, 0.6) is 0 Å². The first-order chi connectivity index (χ1) is 11.9. The number of rotatable bonds is 1. The molecule has 4 aliphatic carbocycles. The van der Waals surface area contributed by atoms with Gasteiger partial charge >= 0.3 is 5.97 Å². The second-order valence-electron chi connectivity index (χ2n) is 9.92. The van der Waals surface area contributed by atoms with E-state index in [1.165, 1.54) is 51.4 Å². The first kappa shape index (κ1) is 17.6. The van der Waals surface area contributed by atoms with Gasteiger partial charge < -0.3 is 4.74 Å². The Morgan fingerprint density at radius 2 is 1.84 bits per heavy atom. The maximum Gasteiger partial charge on any atom is 0.302 e. The lowest BCUT2D eigenvalue weighted by Crippen LogP contribution is -2.55. The molecule has 2 nitrogen and oxygen atoms in total. The molecule has 4 aliphatic rings. The third-order valence-corrected chi connectivity index (χ3v) is 9.11. The summed E-state index contributed by atoms with van der Waals surface area (Å²) in [5.41, 5.74) is 2.61. The Morgan fingerprint density at radius 3 is 2.56 bits per heavy atom. The summed E-state index contributed by atoms with van der Waals surface area (Å²) >= 11 is 0. The normalized spacial score (nSPS) is 50.7. The van der Waals surface area contributed by atoms with Crippen molar-refractivity contribution >= 4 is 5.97 Å². The predicted octanol–water partition coefficient (Wildman–Crippen LogP) is 5.91. The average molecular weight is 345 g/mol. The summed E-state index contributed by atoms with van der Waals surface area (Å²) < 4.78 is 5.80. The maximum absolute atomic E-state index is 11.6. The summed E-state index contributed by atoms with van der Waals surface area (Å²) in [4.78, 5) is 11.6. The molecule has 140 valence electrons. The molecule has 4 fully saturated rings. The van der Waals surface area contributed by atoms with Gasteiger partial charge in [0.25, 0.3) is 0 Å². The van der Waals surface area contributed by atoms with Crippen LogP contribution in [0.4, 0.5) is 0 Å². The monoisotopic (exact) mass is 344 g/mol. The van der Waals surface area contributed by atoms with Crippen LogP contribution in [0.1, 0.15) is 85.5 Å². The van der Waals surface area contributed by atoms with E-state index in [1.54, 1.807) is 12.5 Å². The van der Waals surface area contributed by atoms with E-state index in [9.17, 15) is 4.79 Å². The van der Waals surface area contributed by atoms with Gasteiger partial charge in [-0.2, -0.15) is 0 Å². The minimum Gasteiger partial charge on any atom is -0.462 e. The van der Waals surface area contributed by atoms with Gasteiger partial charge in [-0.05, 0) is 93.3 Å². The lowest BCUT2D eigenvalue weighted by molar-refractivity contribution is -0.171. The Balaban J connectivity index is 1.61. The molecule has 0 aromatic rings. The molecule has 0 unspecified atom stereocenters. The van der Waals surface area contributed by atoms with Crippen molar-refractivity contribution in [2.24, 2.45) is 34.5 Å². The van der Waals surface area contributed by atoms with Gasteiger partial charge in [-0.1, -0.05) is 25.5 Å². The smallest absolute Gasteiger partial charge is 0.302 e. The van der Waals surface area contributed by atoms with Gasteiger partial charge in [0.05, 0.1) is 0 Å². The van der Waals surface area contributed by atoms with Crippen molar-refractivity contribution in [3.63, 3.8) is 0 Å². The number of hydrogen-bond acceptors (Lipinski definition) is 2. The van der Waals surface area contributed by atoms with Crippen molar-refractivity contribution in [1.29, 1.82) is 0 Å². The fraction of sp³-hybridized carbons (Fsp3) is 0.870. The molecule has 7 atom stereocenters. The maximum atomic E-state index is 11.6. The van der Waals surface area contributed by atoms with E-state index in [-0.39, 0.29) is 12.1 Å². The van der Waals surface area contributed by atoms with Crippen LogP contribution < -0.4 is 0 Å². The van der Waals surface area contributed by atoms with E-state index in [0.717, 1.165) is 24.2 Å². The van der Waals surface area contributed by atoms with Crippen LogP contribution in [-0.2, 0) is 9.53 Å². The Kier molecular flexibility index (Phi) is 4.32. The highest BCUT2D eigenvalue weighted by Gasteiger charge is 2.60. The van der Waals surface area contributed by atoms with Crippen molar-refractivity contribution in [3.05, 3.63) is 11.6 Å². The Labute approximate surface area is 153 Å². The topological polar surface area (TPSA) is 26.3 Å². The fourth-order valence-electron chi connectivity index (χ4n) is 8.03. The number of fused-ring (bicyclic) bond motifs is 5. The molecule has 0 radical (unpaired) electrons. The largest absolute Gasteiger partial charge is 0.462 e. The van der Waals surface area contributed by atoms with Crippen LogP contribution in [0.3, 0.4) is 0 Å². The number of esters is 1. The van der Waals surface area contributed by atoms with Crippen LogP contribution in [0.2, 0.25) is 0 Å². The first-order valence-corrected chi connectivity index (χ1v) is 10.7. The molecule has 0 heterocycles. The summed E-state index contributed by atoms with van der Waals surface area (Å²) in [7, 11) is 0. The molecule has 0 spiro atoms. The molecule has 0 aliphatic heterocycles. The molecule has 0 aromatic heterocycles. The van der Waals surface area contributed by atoms with Gasteiger partial charge in [0.15, 0.2) is 0 Å². The Morgan fingerprint density at radius 1 is 1.04 bits per heavy atom. The summed E-state index contributed by atoms with van der Waals surface area (Å²) in [6.07, 6.45) is 14.4. The zero-order valence-electron chi connectivity index (χ0n) is 16.6. The molecule has 4 rings (SSSR count). The highest BCUT2D eigenvalue weighted by molar-refractivity contribution is 5.66. The van der Waals surface area contributed by atoms with E-state index < -0.39 is 0 Å². The quantitative estimate of drug-likeness (QED) is 0.437. The van der Waals surface area contributed by atoms with Crippen LogP contribution in [0.25, 0.3) is 0 Å². The zero-order valence-corrected chi connectivity index (χ0v) is 16.6. The van der Waals surface area contributed by atoms with E-state index in [1.807, 2.05) is 0 Å². The number of allylic oxidation sites excluding steroid dienone is 2. The van der Waals surface area contributed by atoms with Gasteiger partial charge in [0.1, 0.15) is 6.10 Å². The number of carbonyl (C=O) groups excluding carboxylic acids is 1. The van der Waals surface area contributed by atoms with Gasteiger partial charge in [-0.3, -0.25) is 4.79 Å². The van der Waals surface area contributed by atoms with E-state index >= 15 is 0 Å². The zero-order chi connectivity index (χ0) is 17.8. The van der Waals surface area contributed by atoms with Crippen molar-refractivity contribution in [2.45, 2.75) is 91.6 Å². The van der Waals surface area contributed by atoms with Gasteiger partial charge in [-0.25, -0.2) is 0 Å². The highest BCUT2D eigenvalue weighted by Crippen LogP contribution is 2.67. The molecule has 2 heteroatoms. The van der Waals surface area contributed by atoms with Crippen LogP contribution >= 0.6 is 0 Å². The molecule has 0 saturated heterocycles. The average Bonchev–Trinajstić information content (AvgIpc) is 2.90. The van der Waals surface area contributed by atoms with Crippen molar-refractivity contribution in [3.8, 4) is 0 Å². The van der Waals surface area contributed by atoms with Crippen LogP contribution in [0, 0.1) is 34.5 Å². The molecule has 0 aromatic carbocycles. The van der Waals surface area contributed by atoms with Gasteiger partial charge in [0.2, 0.25) is 0 Å². The second kappa shape index (κ2) is 6.13. The second-order valence-corrected chi connectivity index (χ2v) is 9.92. The molecule has 0 amide bonds. The summed E-state index contributed by atoms with van der Waals surface area (Å²) in [5.74, 6) is 3.15. The van der Waals surface area contributed by atoms with Crippen LogP contribution in [0.15, 0.2) is 11.6 Å². The lowest BCUT2D eigenvalue weighted by atomic mass is 9.45. The first-order valence-electron chi connectivity index (χ1n) is 10.7. The van der Waals surface area contributed by atoms with Crippen molar-refractivity contribution < 1.29 is 9.53 Å². The highest BCUT2D eigenvalue weighted by atomic mass is 16.5. The SMILES string of the molecule is C/C=C1\CC[C@H]2[C@@H]3CC[C@H]4[C@@H](OC(C)=O)CCC[C@]4(C)[C@H]3CC[C@]12C. The molecule has 0 bridgehead atoms. The summed E-state index contributed by atoms with van der Waals surface area (Å²) in [6.45, 7) is 8.95. The predicted molar refractivity (Wildman–Crippen MR) is 101 cm³/mol. The Bertz CT molecular complexity index is 579. The summed E-state index contributed by atoms with van der Waals surface area (Å²) in [6, 6.07) is 0. The molecular weight excluding hydrogens is 308 g/mol. The molecule has 25 heavy (non-hydrogen) atoms. The summed E-state index contributed by atoms with van der Waals surface area (Å²) in [5, 5.41) is 0. The minimum absolute atomic E-state index is 0.0823. The minimum atomic E-state index is -0.0823. The van der Waals surface area contributed by atoms with Crippen molar-refractivity contribution in [2.75, 3.05) is 0 Å². The molecule has 4 saturated carbocycles. The van der Waals surface area contributed by atoms with E-state index in [4.69, 9.17) is 4.74 Å².